The molecule has 31 heavy (non-hydrogen) atoms. The van der Waals surface area contributed by atoms with Gasteiger partial charge in [-0.2, -0.15) is 5.26 Å². The summed E-state index contributed by atoms with van der Waals surface area (Å²) in [5.74, 6) is 1.09. The number of pyridine rings is 1. The number of carbonyl (C=O) groups is 1. The Morgan fingerprint density at radius 1 is 1.32 bits per heavy atom. The highest BCUT2D eigenvalue weighted by Crippen LogP contribution is 2.33. The number of hydrogen-bond acceptors (Lipinski definition) is 6. The number of H-pyrrole nitrogens is 1. The van der Waals surface area contributed by atoms with Crippen molar-refractivity contribution in [1.82, 2.24) is 14.7 Å². The Morgan fingerprint density at radius 2 is 2.16 bits per heavy atom. The Kier molecular flexibility index (Phi) is 6.39. The number of carbonyl (C=O) groups excluding carboxylic acids is 1. The predicted octanol–water partition coefficient (Wildman–Crippen LogP) is 3.11. The van der Waals surface area contributed by atoms with Crippen LogP contribution in [0.5, 0.6) is 0 Å². The van der Waals surface area contributed by atoms with E-state index in [9.17, 15) is 13.2 Å². The Morgan fingerprint density at radius 3 is 2.87 bits per heavy atom. The number of Topliss-reactive ketones (excluding diaryl/α,β-unsaturated/α-hetero) is 1. The summed E-state index contributed by atoms with van der Waals surface area (Å²) >= 11 is 0. The molecule has 2 aromatic heterocycles. The number of allylic oxidation sites excluding steroid dienone is 1. The second-order valence-corrected chi connectivity index (χ2v) is 10.2. The van der Waals surface area contributed by atoms with E-state index in [4.69, 9.17) is 5.26 Å². The number of sulfonamides is 1. The van der Waals surface area contributed by atoms with Gasteiger partial charge in [-0.1, -0.05) is 6.08 Å². The lowest BCUT2D eigenvalue weighted by atomic mass is 9.90. The first kappa shape index (κ1) is 21.5. The van der Waals surface area contributed by atoms with Crippen LogP contribution < -0.4 is 10.0 Å². The third-order valence-electron chi connectivity index (χ3n) is 5.81. The molecule has 1 saturated carbocycles. The van der Waals surface area contributed by atoms with Crippen LogP contribution in [0, 0.1) is 17.2 Å². The monoisotopic (exact) mass is 441 g/mol. The third-order valence-corrected chi connectivity index (χ3v) is 7.33. The van der Waals surface area contributed by atoms with E-state index in [0.717, 1.165) is 41.4 Å². The Labute approximate surface area is 182 Å². The van der Waals surface area contributed by atoms with Gasteiger partial charge in [0.05, 0.1) is 18.4 Å². The summed E-state index contributed by atoms with van der Waals surface area (Å²) in [6.07, 6.45) is 8.58. The number of nitrogens with zero attached hydrogens (tertiary/aromatic N) is 2. The third kappa shape index (κ3) is 5.51. The first-order chi connectivity index (χ1) is 14.9. The summed E-state index contributed by atoms with van der Waals surface area (Å²) in [6.45, 7) is 0.290. The molecule has 1 unspecified atom stereocenters. The molecule has 164 valence electrons. The van der Waals surface area contributed by atoms with Crippen molar-refractivity contribution in [3.05, 3.63) is 30.0 Å². The van der Waals surface area contributed by atoms with Gasteiger partial charge in [-0.05, 0) is 61.8 Å². The Balaban J connectivity index is 1.45. The molecule has 3 N–H and O–H groups in total. The smallest absolute Gasteiger partial charge is 0.211 e. The van der Waals surface area contributed by atoms with Crippen LogP contribution in [0.3, 0.4) is 0 Å². The molecule has 0 bridgehead atoms. The van der Waals surface area contributed by atoms with Crippen LogP contribution in [-0.4, -0.2) is 42.5 Å². The van der Waals surface area contributed by atoms with Crippen molar-refractivity contribution in [1.29, 1.82) is 5.26 Å². The second-order valence-electron chi connectivity index (χ2n) is 8.29. The van der Waals surface area contributed by atoms with Crippen LogP contribution in [0.2, 0.25) is 0 Å². The standard InChI is InChI=1S/C22H27N5O3S/c23-10-1-2-12-31(29,30)27-17-7-5-15(6-8-17)19-13-21(25-14-20(28)16-3-4-16)26-22-18(19)9-11-24-22/h5,9,11,13,16-17,27H,1-4,6-8,12,14H2,(H2,24,25,26). The van der Waals surface area contributed by atoms with Gasteiger partial charge in [0, 0.05) is 30.0 Å². The summed E-state index contributed by atoms with van der Waals surface area (Å²) in [5, 5.41) is 12.8. The lowest BCUT2D eigenvalue weighted by Gasteiger charge is -2.23. The lowest BCUT2D eigenvalue weighted by Crippen LogP contribution is -2.37. The van der Waals surface area contributed by atoms with Crippen LogP contribution >= 0.6 is 0 Å². The Bertz CT molecular complexity index is 1140. The van der Waals surface area contributed by atoms with Gasteiger partial charge in [0.15, 0.2) is 5.78 Å². The molecule has 0 amide bonds. The number of hydrogen-bond donors (Lipinski definition) is 3. The molecule has 8 nitrogen and oxygen atoms in total. The molecule has 0 aromatic carbocycles. The van der Waals surface area contributed by atoms with E-state index >= 15 is 0 Å². The van der Waals surface area contributed by atoms with Gasteiger partial charge in [-0.3, -0.25) is 4.79 Å². The maximum absolute atomic E-state index is 12.2. The van der Waals surface area contributed by atoms with Gasteiger partial charge in [0.25, 0.3) is 0 Å². The van der Waals surface area contributed by atoms with Crippen molar-refractivity contribution in [3.63, 3.8) is 0 Å². The van der Waals surface area contributed by atoms with E-state index in [1.165, 1.54) is 0 Å². The first-order valence-corrected chi connectivity index (χ1v) is 12.4. The number of nitrogens with one attached hydrogen (secondary N) is 3. The summed E-state index contributed by atoms with van der Waals surface area (Å²) in [6, 6.07) is 5.81. The van der Waals surface area contributed by atoms with Crippen molar-refractivity contribution in [3.8, 4) is 6.07 Å². The minimum atomic E-state index is -3.37. The fourth-order valence-corrected chi connectivity index (χ4v) is 5.33. The zero-order chi connectivity index (χ0) is 21.8. The molecule has 0 spiro atoms. The molecule has 2 heterocycles. The second kappa shape index (κ2) is 9.20. The fraction of sp³-hybridized carbons (Fsp3) is 0.500. The number of aromatic amines is 1. The molecule has 2 aliphatic rings. The van der Waals surface area contributed by atoms with Crippen molar-refractivity contribution in [2.24, 2.45) is 5.92 Å². The van der Waals surface area contributed by atoms with Gasteiger partial charge in [-0.15, -0.1) is 0 Å². The molecule has 2 aromatic rings. The number of aromatic nitrogens is 2. The summed E-state index contributed by atoms with van der Waals surface area (Å²) < 4.78 is 27.2. The first-order valence-electron chi connectivity index (χ1n) is 10.8. The quantitative estimate of drug-likeness (QED) is 0.486. The van der Waals surface area contributed by atoms with Crippen molar-refractivity contribution in [2.75, 3.05) is 17.6 Å². The van der Waals surface area contributed by atoms with Crippen LogP contribution in [-0.2, 0) is 14.8 Å². The molecule has 0 saturated heterocycles. The highest BCUT2D eigenvalue weighted by molar-refractivity contribution is 7.89. The highest BCUT2D eigenvalue weighted by atomic mass is 32.2. The van der Waals surface area contributed by atoms with E-state index in [1.807, 2.05) is 24.4 Å². The molecular weight excluding hydrogens is 414 g/mol. The fourth-order valence-electron chi connectivity index (χ4n) is 3.96. The average molecular weight is 442 g/mol. The maximum atomic E-state index is 12.2. The van der Waals surface area contributed by atoms with Gasteiger partial charge < -0.3 is 10.3 Å². The van der Waals surface area contributed by atoms with E-state index in [1.54, 1.807) is 0 Å². The number of rotatable bonds is 10. The molecule has 1 fully saturated rings. The van der Waals surface area contributed by atoms with Crippen LogP contribution in [0.25, 0.3) is 16.6 Å². The molecule has 9 heteroatoms. The Hall–Kier alpha value is -2.70. The summed E-state index contributed by atoms with van der Waals surface area (Å²) in [7, 11) is -3.37. The maximum Gasteiger partial charge on any atom is 0.211 e. The molecule has 0 radical (unpaired) electrons. The molecule has 0 aliphatic heterocycles. The van der Waals surface area contributed by atoms with E-state index < -0.39 is 10.0 Å². The number of anilines is 1. The van der Waals surface area contributed by atoms with Crippen LogP contribution in [0.1, 0.15) is 50.5 Å². The van der Waals surface area contributed by atoms with Gasteiger partial charge in [-0.25, -0.2) is 18.1 Å². The number of unbranched alkanes of at least 4 members (excludes halogenated alkanes) is 1. The zero-order valence-corrected chi connectivity index (χ0v) is 18.2. The molecule has 1 atom stereocenters. The lowest BCUT2D eigenvalue weighted by molar-refractivity contribution is -0.118. The summed E-state index contributed by atoms with van der Waals surface area (Å²) in [4.78, 5) is 19.8. The number of nitriles is 1. The van der Waals surface area contributed by atoms with Crippen molar-refractivity contribution in [2.45, 2.75) is 51.0 Å². The predicted molar refractivity (Wildman–Crippen MR) is 120 cm³/mol. The van der Waals surface area contributed by atoms with E-state index in [0.29, 0.717) is 25.1 Å². The normalized spacial score (nSPS) is 19.1. The van der Waals surface area contributed by atoms with Crippen LogP contribution in [0.15, 0.2) is 24.4 Å². The van der Waals surface area contributed by atoms with Crippen LogP contribution in [0.4, 0.5) is 5.82 Å². The van der Waals surface area contributed by atoms with E-state index in [2.05, 4.69) is 26.1 Å². The van der Waals surface area contributed by atoms with Gasteiger partial charge >= 0.3 is 0 Å². The van der Waals surface area contributed by atoms with Gasteiger partial charge in [0.1, 0.15) is 11.5 Å². The van der Waals surface area contributed by atoms with Crippen molar-refractivity contribution >= 4 is 38.2 Å². The number of ketones is 1. The minimum Gasteiger partial charge on any atom is -0.363 e. The average Bonchev–Trinajstić information content (AvgIpc) is 3.49. The van der Waals surface area contributed by atoms with Crippen molar-refractivity contribution < 1.29 is 13.2 Å². The minimum absolute atomic E-state index is 0.0173. The largest absolute Gasteiger partial charge is 0.363 e. The highest BCUT2D eigenvalue weighted by Gasteiger charge is 2.29. The topological polar surface area (TPSA) is 128 Å². The molecule has 2 aliphatic carbocycles. The zero-order valence-electron chi connectivity index (χ0n) is 17.4. The SMILES string of the molecule is N#CCCCS(=O)(=O)NC1CC=C(c2cc(NCC(=O)C3CC3)nc3[nH]ccc23)CC1. The van der Waals surface area contributed by atoms with E-state index in [-0.39, 0.29) is 36.5 Å². The molecular formula is C22H27N5O3S. The molecule has 4 rings (SSSR count). The van der Waals surface area contributed by atoms with Gasteiger partial charge in [0.2, 0.25) is 10.0 Å². The summed E-state index contributed by atoms with van der Waals surface area (Å²) in [5.41, 5.74) is 2.98. The number of fused-ring (bicyclic) bond motifs is 1.